The van der Waals surface area contributed by atoms with Crippen LogP contribution in [0.2, 0.25) is 0 Å². The zero-order valence-electron chi connectivity index (χ0n) is 20.3. The predicted octanol–water partition coefficient (Wildman–Crippen LogP) is 4.71. The Morgan fingerprint density at radius 3 is 2.26 bits per heavy atom. The van der Waals surface area contributed by atoms with E-state index in [9.17, 15) is 9.59 Å². The third kappa shape index (κ3) is 7.20. The highest BCUT2D eigenvalue weighted by molar-refractivity contribution is 5.88. The fourth-order valence-corrected chi connectivity index (χ4v) is 3.95. The molecule has 0 saturated heterocycles. The Morgan fingerprint density at radius 2 is 1.62 bits per heavy atom. The summed E-state index contributed by atoms with van der Waals surface area (Å²) in [5, 5.41) is 3.01. The number of amides is 2. The summed E-state index contributed by atoms with van der Waals surface area (Å²) in [5.74, 6) is 0.536. The van der Waals surface area contributed by atoms with Crippen molar-refractivity contribution in [1.29, 1.82) is 0 Å². The first-order chi connectivity index (χ1) is 16.5. The molecule has 0 aliphatic heterocycles. The Bertz CT molecular complexity index is 1060. The van der Waals surface area contributed by atoms with Gasteiger partial charge >= 0.3 is 0 Å². The van der Waals surface area contributed by atoms with Gasteiger partial charge in [0.2, 0.25) is 11.8 Å². The largest absolute Gasteiger partial charge is 0.497 e. The number of rotatable bonds is 11. The van der Waals surface area contributed by atoms with Crippen LogP contribution in [-0.2, 0) is 29.0 Å². The van der Waals surface area contributed by atoms with Crippen LogP contribution in [-0.4, -0.2) is 36.4 Å². The molecule has 0 fully saturated rings. The van der Waals surface area contributed by atoms with Crippen LogP contribution in [0.1, 0.15) is 35.6 Å². The molecular weight excluding hydrogens is 424 g/mol. The van der Waals surface area contributed by atoms with Crippen molar-refractivity contribution in [2.45, 2.75) is 45.7 Å². The van der Waals surface area contributed by atoms with Crippen LogP contribution in [0.15, 0.2) is 78.9 Å². The molecule has 34 heavy (non-hydrogen) atoms. The van der Waals surface area contributed by atoms with Crippen molar-refractivity contribution in [1.82, 2.24) is 10.2 Å². The van der Waals surface area contributed by atoms with Crippen LogP contribution < -0.4 is 10.1 Å². The van der Waals surface area contributed by atoms with Gasteiger partial charge in [-0.05, 0) is 42.2 Å². The van der Waals surface area contributed by atoms with Gasteiger partial charge in [0, 0.05) is 19.5 Å². The molecule has 0 bridgehead atoms. The molecule has 3 rings (SSSR count). The molecule has 0 heterocycles. The van der Waals surface area contributed by atoms with Crippen LogP contribution in [0.4, 0.5) is 0 Å². The maximum absolute atomic E-state index is 13.7. The molecule has 1 N–H and O–H groups in total. The molecule has 0 aliphatic carbocycles. The first kappa shape index (κ1) is 25.0. The number of nitrogens with zero attached hydrogens (tertiary/aromatic N) is 1. The number of carbonyl (C=O) groups is 2. The number of carbonyl (C=O) groups excluding carboxylic acids is 2. The van der Waals surface area contributed by atoms with Gasteiger partial charge in [-0.15, -0.1) is 0 Å². The summed E-state index contributed by atoms with van der Waals surface area (Å²) in [6.07, 6.45) is 1.50. The highest BCUT2D eigenvalue weighted by Gasteiger charge is 2.30. The highest BCUT2D eigenvalue weighted by atomic mass is 16.5. The average Bonchev–Trinajstić information content (AvgIpc) is 2.85. The van der Waals surface area contributed by atoms with Crippen LogP contribution in [0.5, 0.6) is 5.75 Å². The zero-order chi connectivity index (χ0) is 24.3. The molecule has 1 atom stereocenters. The van der Waals surface area contributed by atoms with Gasteiger partial charge < -0.3 is 15.0 Å². The normalized spacial score (nSPS) is 11.5. The van der Waals surface area contributed by atoms with E-state index < -0.39 is 6.04 Å². The van der Waals surface area contributed by atoms with Gasteiger partial charge in [0.1, 0.15) is 11.8 Å². The number of benzene rings is 3. The molecule has 0 aromatic heterocycles. The minimum Gasteiger partial charge on any atom is -0.497 e. The molecular formula is C29H34N2O3. The van der Waals surface area contributed by atoms with Crippen molar-refractivity contribution in [3.63, 3.8) is 0 Å². The van der Waals surface area contributed by atoms with Gasteiger partial charge in [-0.3, -0.25) is 9.59 Å². The molecule has 2 amide bonds. The molecule has 178 valence electrons. The summed E-state index contributed by atoms with van der Waals surface area (Å²) in [5.41, 5.74) is 4.03. The van der Waals surface area contributed by atoms with E-state index in [0.29, 0.717) is 19.5 Å². The Hall–Kier alpha value is -3.60. The van der Waals surface area contributed by atoms with Crippen molar-refractivity contribution in [2.24, 2.45) is 0 Å². The van der Waals surface area contributed by atoms with Crippen molar-refractivity contribution in [2.75, 3.05) is 13.7 Å². The van der Waals surface area contributed by atoms with E-state index in [4.69, 9.17) is 4.74 Å². The maximum atomic E-state index is 13.7. The van der Waals surface area contributed by atoms with E-state index in [0.717, 1.165) is 34.4 Å². The van der Waals surface area contributed by atoms with Crippen LogP contribution in [0, 0.1) is 6.92 Å². The third-order valence-electron chi connectivity index (χ3n) is 5.77. The number of aryl methyl sites for hydroxylation is 1. The molecule has 0 aliphatic rings. The van der Waals surface area contributed by atoms with Crippen LogP contribution >= 0.6 is 0 Å². The van der Waals surface area contributed by atoms with E-state index in [2.05, 4.69) is 11.4 Å². The SMILES string of the molecule is CCCNC(=O)C(Cc1ccccc1)N(Cc1cccc(C)c1)C(=O)Cc1ccc(OC)cc1. The summed E-state index contributed by atoms with van der Waals surface area (Å²) in [4.78, 5) is 28.7. The Morgan fingerprint density at radius 1 is 0.912 bits per heavy atom. The maximum Gasteiger partial charge on any atom is 0.243 e. The molecule has 3 aromatic carbocycles. The summed E-state index contributed by atoms with van der Waals surface area (Å²) >= 11 is 0. The van der Waals surface area contributed by atoms with E-state index in [1.807, 2.05) is 86.6 Å². The van der Waals surface area contributed by atoms with E-state index in [1.165, 1.54) is 0 Å². The van der Waals surface area contributed by atoms with Crippen LogP contribution in [0.25, 0.3) is 0 Å². The van der Waals surface area contributed by atoms with Gasteiger partial charge in [0.25, 0.3) is 0 Å². The Balaban J connectivity index is 1.93. The Kier molecular flexibility index (Phi) is 9.27. The number of methoxy groups -OCH3 is 1. The second-order valence-corrected chi connectivity index (χ2v) is 8.53. The Labute approximate surface area is 202 Å². The summed E-state index contributed by atoms with van der Waals surface area (Å²) < 4.78 is 5.24. The van der Waals surface area contributed by atoms with Gasteiger partial charge in [0.15, 0.2) is 0 Å². The second-order valence-electron chi connectivity index (χ2n) is 8.53. The lowest BCUT2D eigenvalue weighted by Gasteiger charge is -2.32. The predicted molar refractivity (Wildman–Crippen MR) is 136 cm³/mol. The van der Waals surface area contributed by atoms with Gasteiger partial charge in [-0.2, -0.15) is 0 Å². The molecule has 0 spiro atoms. The first-order valence-corrected chi connectivity index (χ1v) is 11.8. The third-order valence-corrected chi connectivity index (χ3v) is 5.77. The first-order valence-electron chi connectivity index (χ1n) is 11.8. The van der Waals surface area contributed by atoms with E-state index in [1.54, 1.807) is 12.0 Å². The van der Waals surface area contributed by atoms with Crippen molar-refractivity contribution in [3.8, 4) is 5.75 Å². The molecule has 5 nitrogen and oxygen atoms in total. The van der Waals surface area contributed by atoms with Crippen LogP contribution in [0.3, 0.4) is 0 Å². The lowest BCUT2D eigenvalue weighted by atomic mass is 10.0. The molecule has 3 aromatic rings. The quantitative estimate of drug-likeness (QED) is 0.453. The lowest BCUT2D eigenvalue weighted by Crippen LogP contribution is -2.51. The topological polar surface area (TPSA) is 58.6 Å². The molecule has 0 saturated carbocycles. The zero-order valence-corrected chi connectivity index (χ0v) is 20.3. The van der Waals surface area contributed by atoms with Gasteiger partial charge in [-0.25, -0.2) is 0 Å². The summed E-state index contributed by atoms with van der Waals surface area (Å²) in [7, 11) is 1.62. The van der Waals surface area contributed by atoms with E-state index >= 15 is 0 Å². The molecule has 0 radical (unpaired) electrons. The van der Waals surface area contributed by atoms with Gasteiger partial charge in [0.05, 0.1) is 13.5 Å². The fourth-order valence-electron chi connectivity index (χ4n) is 3.95. The average molecular weight is 459 g/mol. The van der Waals surface area contributed by atoms with E-state index in [-0.39, 0.29) is 18.2 Å². The standard InChI is InChI=1S/C29H34N2O3/c1-4-17-30-29(33)27(19-23-10-6-5-7-11-23)31(21-25-12-8-9-22(2)18-25)28(32)20-24-13-15-26(34-3)16-14-24/h5-16,18,27H,4,17,19-21H2,1-3H3,(H,30,33). The highest BCUT2D eigenvalue weighted by Crippen LogP contribution is 2.18. The van der Waals surface area contributed by atoms with Crippen molar-refractivity contribution in [3.05, 3.63) is 101 Å². The monoisotopic (exact) mass is 458 g/mol. The number of nitrogens with one attached hydrogen (secondary N) is 1. The minimum atomic E-state index is -0.611. The van der Waals surface area contributed by atoms with Crippen molar-refractivity contribution < 1.29 is 14.3 Å². The second kappa shape index (κ2) is 12.6. The fraction of sp³-hybridized carbons (Fsp3) is 0.310. The summed E-state index contributed by atoms with van der Waals surface area (Å²) in [6, 6.07) is 24.8. The lowest BCUT2D eigenvalue weighted by molar-refractivity contribution is -0.140. The molecule has 5 heteroatoms. The minimum absolute atomic E-state index is 0.0840. The number of hydrogen-bond acceptors (Lipinski definition) is 3. The van der Waals surface area contributed by atoms with Crippen molar-refractivity contribution >= 4 is 11.8 Å². The van der Waals surface area contributed by atoms with Gasteiger partial charge in [-0.1, -0.05) is 79.2 Å². The smallest absolute Gasteiger partial charge is 0.243 e. The number of ether oxygens (including phenoxy) is 1. The summed E-state index contributed by atoms with van der Waals surface area (Å²) in [6.45, 7) is 5.00. The molecule has 1 unspecified atom stereocenters. The number of hydrogen-bond donors (Lipinski definition) is 1.